The van der Waals surface area contributed by atoms with Crippen LogP contribution in [0.3, 0.4) is 0 Å². The Bertz CT molecular complexity index is 1070. The van der Waals surface area contributed by atoms with Crippen LogP contribution in [-0.2, 0) is 0 Å². The highest BCUT2D eigenvalue weighted by molar-refractivity contribution is 6.23. The normalized spacial score (nSPS) is 27.2. The van der Waals surface area contributed by atoms with Crippen LogP contribution in [0.4, 0.5) is 0 Å². The summed E-state index contributed by atoms with van der Waals surface area (Å²) in [5.74, 6) is 0. The van der Waals surface area contributed by atoms with Gasteiger partial charge in [0.25, 0.3) is 0 Å². The van der Waals surface area contributed by atoms with E-state index in [-0.39, 0.29) is 0 Å². The van der Waals surface area contributed by atoms with Crippen molar-refractivity contribution in [1.82, 2.24) is 0 Å². The SMILES string of the molecule is O[C@@H]1[C@@H](O)[C@@H](O)c2c(cc3ccc4cccc5ccc2c3c45)[C@H]1O. The summed E-state index contributed by atoms with van der Waals surface area (Å²) in [4.78, 5) is 0. The molecular formula is C20H16O4. The van der Waals surface area contributed by atoms with Gasteiger partial charge in [-0.15, -0.1) is 0 Å². The molecule has 120 valence electrons. The first-order valence-corrected chi connectivity index (χ1v) is 8.00. The van der Waals surface area contributed by atoms with Gasteiger partial charge in [-0.1, -0.05) is 42.5 Å². The fourth-order valence-electron chi connectivity index (χ4n) is 4.16. The number of hydrogen-bond acceptors (Lipinski definition) is 4. The molecule has 0 saturated heterocycles. The van der Waals surface area contributed by atoms with Crippen molar-refractivity contribution in [3.63, 3.8) is 0 Å². The summed E-state index contributed by atoms with van der Waals surface area (Å²) in [5, 5.41) is 47.1. The Morgan fingerprint density at radius 1 is 0.625 bits per heavy atom. The van der Waals surface area contributed by atoms with Crippen molar-refractivity contribution >= 4 is 32.3 Å². The molecule has 0 fully saturated rings. The topological polar surface area (TPSA) is 80.9 Å². The minimum absolute atomic E-state index is 0.478. The quantitative estimate of drug-likeness (QED) is 0.375. The third-order valence-corrected chi connectivity index (χ3v) is 5.33. The minimum atomic E-state index is -1.41. The number of rotatable bonds is 0. The summed E-state index contributed by atoms with van der Waals surface area (Å²) in [5.41, 5.74) is 0.984. The van der Waals surface area contributed by atoms with Gasteiger partial charge in [-0.25, -0.2) is 0 Å². The van der Waals surface area contributed by atoms with Crippen molar-refractivity contribution in [1.29, 1.82) is 0 Å². The van der Waals surface area contributed by atoms with Gasteiger partial charge in [0, 0.05) is 0 Å². The van der Waals surface area contributed by atoms with E-state index < -0.39 is 24.4 Å². The molecule has 1 aliphatic rings. The molecule has 0 bridgehead atoms. The molecular weight excluding hydrogens is 304 g/mol. The van der Waals surface area contributed by atoms with Crippen LogP contribution in [0.25, 0.3) is 32.3 Å². The molecule has 4 aromatic rings. The van der Waals surface area contributed by atoms with E-state index in [1.165, 1.54) is 0 Å². The van der Waals surface area contributed by atoms with Crippen LogP contribution in [-0.4, -0.2) is 32.6 Å². The highest BCUT2D eigenvalue weighted by Crippen LogP contribution is 2.45. The van der Waals surface area contributed by atoms with Crippen LogP contribution in [0.5, 0.6) is 0 Å². The number of fused-ring (bicyclic) bond motifs is 2. The van der Waals surface area contributed by atoms with Gasteiger partial charge in [-0.3, -0.25) is 0 Å². The van der Waals surface area contributed by atoms with E-state index in [1.54, 1.807) is 0 Å². The number of aliphatic hydroxyl groups is 4. The number of aliphatic hydroxyl groups excluding tert-OH is 4. The predicted octanol–water partition coefficient (Wildman–Crippen LogP) is 2.39. The van der Waals surface area contributed by atoms with Gasteiger partial charge in [-0.2, -0.15) is 0 Å². The van der Waals surface area contributed by atoms with Gasteiger partial charge >= 0.3 is 0 Å². The molecule has 4 nitrogen and oxygen atoms in total. The Balaban J connectivity index is 2.01. The second-order valence-electron chi connectivity index (χ2n) is 6.61. The van der Waals surface area contributed by atoms with Crippen LogP contribution >= 0.6 is 0 Å². The molecule has 24 heavy (non-hydrogen) atoms. The van der Waals surface area contributed by atoms with Crippen LogP contribution in [0.2, 0.25) is 0 Å². The molecule has 4 heteroatoms. The fourth-order valence-corrected chi connectivity index (χ4v) is 4.16. The van der Waals surface area contributed by atoms with Crippen molar-refractivity contribution in [2.45, 2.75) is 24.4 Å². The van der Waals surface area contributed by atoms with Crippen LogP contribution in [0.1, 0.15) is 23.3 Å². The van der Waals surface area contributed by atoms with Crippen molar-refractivity contribution < 1.29 is 20.4 Å². The molecule has 1 aliphatic carbocycles. The lowest BCUT2D eigenvalue weighted by atomic mass is 9.78. The van der Waals surface area contributed by atoms with Gasteiger partial charge in [0.2, 0.25) is 0 Å². The highest BCUT2D eigenvalue weighted by atomic mass is 16.4. The average Bonchev–Trinajstić information content (AvgIpc) is 2.62. The Kier molecular flexibility index (Phi) is 2.74. The molecule has 4 atom stereocenters. The van der Waals surface area contributed by atoms with Crippen molar-refractivity contribution in [3.05, 3.63) is 59.7 Å². The smallest absolute Gasteiger partial charge is 0.113 e. The fraction of sp³-hybridized carbons (Fsp3) is 0.200. The van der Waals surface area contributed by atoms with Crippen LogP contribution in [0, 0.1) is 0 Å². The van der Waals surface area contributed by atoms with Gasteiger partial charge in [-0.05, 0) is 49.5 Å². The van der Waals surface area contributed by atoms with E-state index in [1.807, 2.05) is 48.5 Å². The maximum Gasteiger partial charge on any atom is 0.113 e. The molecule has 0 spiro atoms. The maximum atomic E-state index is 10.5. The second kappa shape index (κ2) is 4.65. The zero-order chi connectivity index (χ0) is 16.6. The van der Waals surface area contributed by atoms with E-state index in [9.17, 15) is 20.4 Å². The van der Waals surface area contributed by atoms with Gasteiger partial charge in [0.1, 0.15) is 24.4 Å². The third kappa shape index (κ3) is 1.61. The number of benzene rings is 4. The van der Waals surface area contributed by atoms with E-state index in [0.29, 0.717) is 11.1 Å². The summed E-state index contributed by atoms with van der Waals surface area (Å²) < 4.78 is 0. The Hall–Kier alpha value is -2.24. The van der Waals surface area contributed by atoms with E-state index in [0.717, 1.165) is 32.3 Å². The zero-order valence-electron chi connectivity index (χ0n) is 12.7. The predicted molar refractivity (Wildman–Crippen MR) is 92.1 cm³/mol. The number of hydrogen-bond donors (Lipinski definition) is 4. The summed E-state index contributed by atoms with van der Waals surface area (Å²) in [6, 6.07) is 15.8. The maximum absolute atomic E-state index is 10.5. The lowest BCUT2D eigenvalue weighted by molar-refractivity contribution is -0.119. The molecule has 4 N–H and O–H groups in total. The summed E-state index contributed by atoms with van der Waals surface area (Å²) in [6.45, 7) is 0. The Labute approximate surface area is 137 Å². The minimum Gasteiger partial charge on any atom is -0.387 e. The monoisotopic (exact) mass is 320 g/mol. The Morgan fingerprint density at radius 3 is 2.00 bits per heavy atom. The summed E-state index contributed by atoms with van der Waals surface area (Å²) in [7, 11) is 0. The Morgan fingerprint density at radius 2 is 1.25 bits per heavy atom. The lowest BCUT2D eigenvalue weighted by Gasteiger charge is -2.35. The van der Waals surface area contributed by atoms with Crippen molar-refractivity contribution in [2.24, 2.45) is 0 Å². The van der Waals surface area contributed by atoms with E-state index in [4.69, 9.17) is 0 Å². The molecule has 4 aromatic carbocycles. The van der Waals surface area contributed by atoms with Crippen LogP contribution < -0.4 is 0 Å². The van der Waals surface area contributed by atoms with E-state index in [2.05, 4.69) is 0 Å². The van der Waals surface area contributed by atoms with Gasteiger partial charge in [0.15, 0.2) is 0 Å². The van der Waals surface area contributed by atoms with E-state index >= 15 is 0 Å². The summed E-state index contributed by atoms with van der Waals surface area (Å²) >= 11 is 0. The molecule has 0 aliphatic heterocycles. The molecule has 0 saturated carbocycles. The molecule has 0 heterocycles. The van der Waals surface area contributed by atoms with Crippen LogP contribution in [0.15, 0.2) is 48.5 Å². The first kappa shape index (κ1) is 14.1. The zero-order valence-corrected chi connectivity index (χ0v) is 12.7. The molecule has 0 radical (unpaired) electrons. The second-order valence-corrected chi connectivity index (χ2v) is 6.61. The van der Waals surface area contributed by atoms with Crippen molar-refractivity contribution in [3.8, 4) is 0 Å². The first-order valence-electron chi connectivity index (χ1n) is 8.00. The first-order chi connectivity index (χ1) is 11.6. The van der Waals surface area contributed by atoms with Gasteiger partial charge in [0.05, 0.1) is 0 Å². The molecule has 5 rings (SSSR count). The van der Waals surface area contributed by atoms with Crippen molar-refractivity contribution in [2.75, 3.05) is 0 Å². The summed E-state index contributed by atoms with van der Waals surface area (Å²) in [6.07, 6.45) is -5.27. The largest absolute Gasteiger partial charge is 0.387 e. The third-order valence-electron chi connectivity index (χ3n) is 5.33. The lowest BCUT2D eigenvalue weighted by Crippen LogP contribution is -2.41. The molecule has 0 amide bonds. The molecule has 0 aromatic heterocycles. The van der Waals surface area contributed by atoms with Gasteiger partial charge < -0.3 is 20.4 Å². The average molecular weight is 320 g/mol. The standard InChI is InChI=1S/C20H16O4/c21-17-13-8-11-5-4-9-2-1-3-10-6-7-12(15(11)14(9)10)16(13)18(22)20(24)19(17)23/h1-8,17-24H/t17-,18+,19+,20+/m1/s1. The highest BCUT2D eigenvalue weighted by Gasteiger charge is 2.41. The molecule has 0 unspecified atom stereocenters.